The maximum Gasteiger partial charge on any atom is 0.421 e. The number of hydrogen-bond donors (Lipinski definition) is 0. The molecule has 1 amide bonds. The molecule has 40 heavy (non-hydrogen) atoms. The lowest BCUT2D eigenvalue weighted by Crippen LogP contribution is -2.39. The Morgan fingerprint density at radius 2 is 1.85 bits per heavy atom. The number of carbonyl (C=O) groups is 1. The number of pyridine rings is 1. The third-order valence-corrected chi connectivity index (χ3v) is 8.80. The van der Waals surface area contributed by atoms with Gasteiger partial charge in [0.25, 0.3) is 5.56 Å². The van der Waals surface area contributed by atoms with Gasteiger partial charge in [-0.3, -0.25) is 9.59 Å². The van der Waals surface area contributed by atoms with E-state index in [1.54, 1.807) is 23.1 Å². The molecule has 0 aliphatic carbocycles. The van der Waals surface area contributed by atoms with Crippen molar-refractivity contribution in [3.63, 3.8) is 0 Å². The molecule has 0 saturated carbocycles. The fraction of sp³-hybridized carbons (Fsp3) is 0.385. The lowest BCUT2D eigenvalue weighted by molar-refractivity contribution is -0.138. The van der Waals surface area contributed by atoms with E-state index in [0.29, 0.717) is 59.7 Å². The summed E-state index contributed by atoms with van der Waals surface area (Å²) in [6, 6.07) is 5.87. The molecule has 1 atom stereocenters. The molecule has 1 saturated heterocycles. The van der Waals surface area contributed by atoms with Crippen molar-refractivity contribution in [1.29, 1.82) is 0 Å². The highest BCUT2D eigenvalue weighted by molar-refractivity contribution is 7.10. The Kier molecular flexibility index (Phi) is 8.47. The number of hydrogen-bond acceptors (Lipinski definition) is 6. The van der Waals surface area contributed by atoms with Crippen LogP contribution in [0.2, 0.25) is 15.1 Å². The molecule has 1 unspecified atom stereocenters. The van der Waals surface area contributed by atoms with E-state index in [1.807, 2.05) is 5.38 Å². The van der Waals surface area contributed by atoms with Gasteiger partial charge in [-0.1, -0.05) is 46.0 Å². The van der Waals surface area contributed by atoms with E-state index in [-0.39, 0.29) is 29.8 Å². The third kappa shape index (κ3) is 6.17. The Bertz CT molecular complexity index is 1500. The summed E-state index contributed by atoms with van der Waals surface area (Å²) in [6.45, 7) is 0.767. The lowest BCUT2D eigenvalue weighted by Gasteiger charge is -2.31. The van der Waals surface area contributed by atoms with Gasteiger partial charge in [-0.25, -0.2) is 4.98 Å². The normalized spacial score (nSPS) is 18.1. The minimum Gasteiger partial charge on any atom is -0.387 e. The summed E-state index contributed by atoms with van der Waals surface area (Å²) in [6.07, 6.45) is -2.35. The van der Waals surface area contributed by atoms with Gasteiger partial charge < -0.3 is 14.3 Å². The minimum atomic E-state index is -4.83. The van der Waals surface area contributed by atoms with Crippen molar-refractivity contribution in [2.24, 2.45) is 5.16 Å². The van der Waals surface area contributed by atoms with E-state index >= 15 is 0 Å². The number of nitrogens with zero attached hydrogens (tertiary/aromatic N) is 4. The first-order valence-electron chi connectivity index (χ1n) is 12.4. The smallest absolute Gasteiger partial charge is 0.387 e. The maximum atomic E-state index is 13.1. The van der Waals surface area contributed by atoms with Crippen LogP contribution < -0.4 is 5.56 Å². The van der Waals surface area contributed by atoms with Gasteiger partial charge in [0.15, 0.2) is 6.10 Å². The zero-order chi connectivity index (χ0) is 28.6. The monoisotopic (exact) mass is 632 g/mol. The highest BCUT2D eigenvalue weighted by atomic mass is 35.5. The average molecular weight is 634 g/mol. The van der Waals surface area contributed by atoms with Crippen molar-refractivity contribution in [1.82, 2.24) is 14.5 Å². The highest BCUT2D eigenvalue weighted by Crippen LogP contribution is 2.39. The predicted octanol–water partition coefficient (Wildman–Crippen LogP) is 6.95. The highest BCUT2D eigenvalue weighted by Gasteiger charge is 2.35. The van der Waals surface area contributed by atoms with E-state index in [2.05, 4.69) is 5.16 Å². The number of aryl methyl sites for hydroxylation is 1. The first-order chi connectivity index (χ1) is 19.0. The molecule has 0 N–H and O–H groups in total. The zero-order valence-electron chi connectivity index (χ0n) is 20.8. The number of amides is 1. The summed E-state index contributed by atoms with van der Waals surface area (Å²) in [5.74, 6) is -0.0788. The van der Waals surface area contributed by atoms with Crippen molar-refractivity contribution in [3.05, 3.63) is 83.1 Å². The first-order valence-corrected chi connectivity index (χ1v) is 14.4. The number of carbonyl (C=O) groups excluding carboxylic acids is 1. The lowest BCUT2D eigenvalue weighted by atomic mass is 9.97. The minimum absolute atomic E-state index is 0.111. The van der Waals surface area contributed by atoms with Gasteiger partial charge in [-0.2, -0.15) is 13.2 Å². The van der Waals surface area contributed by atoms with Gasteiger partial charge in [-0.15, -0.1) is 11.3 Å². The number of thiazole rings is 1. The number of oxime groups is 1. The van der Waals surface area contributed by atoms with Crippen LogP contribution in [0.3, 0.4) is 0 Å². The van der Waals surface area contributed by atoms with Gasteiger partial charge in [-0.05, 0) is 31.0 Å². The summed E-state index contributed by atoms with van der Waals surface area (Å²) in [4.78, 5) is 37.0. The van der Waals surface area contributed by atoms with Gasteiger partial charge in [0.05, 0.1) is 15.7 Å². The molecule has 5 rings (SSSR count). The second-order valence-corrected chi connectivity index (χ2v) is 11.7. The summed E-state index contributed by atoms with van der Waals surface area (Å²) < 4.78 is 40.2. The number of likely N-dealkylation sites (tertiary alicyclic amines) is 1. The van der Waals surface area contributed by atoms with Crippen molar-refractivity contribution in [3.8, 4) is 0 Å². The number of aromatic nitrogens is 2. The molecule has 0 bridgehead atoms. The quantitative estimate of drug-likeness (QED) is 0.295. The van der Waals surface area contributed by atoms with E-state index < -0.39 is 23.4 Å². The molecule has 2 aromatic heterocycles. The summed E-state index contributed by atoms with van der Waals surface area (Å²) in [5, 5.41) is 7.89. The number of rotatable bonds is 6. The van der Waals surface area contributed by atoms with E-state index in [9.17, 15) is 22.8 Å². The number of benzene rings is 1. The molecular formula is C26H22Cl3F3N4O3S. The Labute approximate surface area is 246 Å². The second kappa shape index (κ2) is 11.7. The molecular weight excluding hydrogens is 612 g/mol. The van der Waals surface area contributed by atoms with Crippen LogP contribution in [0.15, 0.2) is 45.8 Å². The van der Waals surface area contributed by atoms with Gasteiger partial charge in [0.1, 0.15) is 11.3 Å². The van der Waals surface area contributed by atoms with Crippen LogP contribution >= 0.6 is 46.1 Å². The molecule has 2 aliphatic heterocycles. The number of piperidine rings is 1. The summed E-state index contributed by atoms with van der Waals surface area (Å²) >= 11 is 19.9. The van der Waals surface area contributed by atoms with E-state index in [1.165, 1.54) is 11.3 Å². The first kappa shape index (κ1) is 28.9. The predicted molar refractivity (Wildman–Crippen MR) is 147 cm³/mol. The topological polar surface area (TPSA) is 76.8 Å². The molecule has 1 aromatic carbocycles. The molecule has 1 fully saturated rings. The van der Waals surface area contributed by atoms with Crippen molar-refractivity contribution in [2.75, 3.05) is 13.1 Å². The zero-order valence-corrected chi connectivity index (χ0v) is 23.8. The third-order valence-electron chi connectivity index (χ3n) is 6.93. The fourth-order valence-corrected chi connectivity index (χ4v) is 6.70. The fourth-order valence-electron chi connectivity index (χ4n) is 4.83. The standard InChI is InChI=1S/C26H22Cl3F3N4O3S/c27-15-10-16(26(30,31)32)25(38)36(12-15)9-6-22(37)35-7-4-14(5-8-35)24-33-20(13-40-24)19-11-21(39-34-19)23-17(28)2-1-3-18(23)29/h1-3,10,12-14,21H,4-9,11H2. The van der Waals surface area contributed by atoms with Crippen molar-refractivity contribution < 1.29 is 22.8 Å². The number of alkyl halides is 3. The van der Waals surface area contributed by atoms with Gasteiger partial charge in [0, 0.05) is 65.6 Å². The van der Waals surface area contributed by atoms with Crippen LogP contribution in [-0.2, 0) is 22.4 Å². The largest absolute Gasteiger partial charge is 0.421 e. The van der Waals surface area contributed by atoms with Crippen molar-refractivity contribution >= 4 is 57.8 Å². The Morgan fingerprint density at radius 3 is 2.52 bits per heavy atom. The molecule has 0 spiro atoms. The number of halogens is 6. The van der Waals surface area contributed by atoms with Crippen molar-refractivity contribution in [2.45, 2.75) is 50.4 Å². The van der Waals surface area contributed by atoms with Crippen LogP contribution in [0.1, 0.15) is 59.5 Å². The van der Waals surface area contributed by atoms with Crippen LogP contribution in [-0.4, -0.2) is 39.2 Å². The Hall–Kier alpha value is -2.60. The van der Waals surface area contributed by atoms with Gasteiger partial charge >= 0.3 is 6.18 Å². The second-order valence-electron chi connectivity index (χ2n) is 9.52. The molecule has 3 aromatic rings. The van der Waals surface area contributed by atoms with Crippen LogP contribution in [0.4, 0.5) is 13.2 Å². The molecule has 0 radical (unpaired) electrons. The van der Waals surface area contributed by atoms with Crippen LogP contribution in [0, 0.1) is 0 Å². The maximum absolute atomic E-state index is 13.1. The SMILES string of the molecule is O=C(CCn1cc(Cl)cc(C(F)(F)F)c1=O)N1CCC(c2nc(C3=NOC(c4c(Cl)cccc4Cl)C3)cs2)CC1. The van der Waals surface area contributed by atoms with Crippen LogP contribution in [0.5, 0.6) is 0 Å². The Morgan fingerprint density at radius 1 is 1.15 bits per heavy atom. The molecule has 212 valence electrons. The molecule has 4 heterocycles. The van der Waals surface area contributed by atoms with Gasteiger partial charge in [0.2, 0.25) is 5.91 Å². The average Bonchev–Trinajstić information content (AvgIpc) is 3.58. The van der Waals surface area contributed by atoms with Crippen LogP contribution in [0.25, 0.3) is 0 Å². The molecule has 2 aliphatic rings. The molecule has 7 nitrogen and oxygen atoms in total. The molecule has 14 heteroatoms. The van der Waals surface area contributed by atoms with E-state index in [0.717, 1.165) is 21.5 Å². The summed E-state index contributed by atoms with van der Waals surface area (Å²) in [5.41, 5.74) is -0.440. The summed E-state index contributed by atoms with van der Waals surface area (Å²) in [7, 11) is 0. The Balaban J connectivity index is 1.15. The van der Waals surface area contributed by atoms with E-state index in [4.69, 9.17) is 44.6 Å².